The van der Waals surface area contributed by atoms with E-state index in [0.29, 0.717) is 11.4 Å². The first-order valence-corrected chi connectivity index (χ1v) is 6.19. The van der Waals surface area contributed by atoms with Crippen molar-refractivity contribution in [2.24, 2.45) is 7.05 Å². The van der Waals surface area contributed by atoms with E-state index in [1.807, 2.05) is 0 Å². The predicted molar refractivity (Wildman–Crippen MR) is 72.1 cm³/mol. The standard InChI is InChI=1S/C14H14F3N3O/c1-8-12(9(2)20(3)19-8)18-13(21)10-4-6-11(7-5-10)14(15,16)17/h4-7H,1-3H3,(H,18,21). The summed E-state index contributed by atoms with van der Waals surface area (Å²) in [5.41, 5.74) is 1.36. The Bertz CT molecular complexity index is 672. The van der Waals surface area contributed by atoms with Gasteiger partial charge in [0, 0.05) is 12.6 Å². The van der Waals surface area contributed by atoms with E-state index in [1.165, 1.54) is 0 Å². The van der Waals surface area contributed by atoms with Crippen LogP contribution in [-0.4, -0.2) is 15.7 Å². The molecule has 7 heteroatoms. The highest BCUT2D eigenvalue weighted by Crippen LogP contribution is 2.29. The maximum absolute atomic E-state index is 12.5. The number of benzene rings is 1. The van der Waals surface area contributed by atoms with Crippen LogP contribution in [0.5, 0.6) is 0 Å². The summed E-state index contributed by atoms with van der Waals surface area (Å²) in [4.78, 5) is 12.1. The molecule has 0 aliphatic carbocycles. The van der Waals surface area contributed by atoms with Crippen molar-refractivity contribution in [3.63, 3.8) is 0 Å². The van der Waals surface area contributed by atoms with Crippen LogP contribution >= 0.6 is 0 Å². The van der Waals surface area contributed by atoms with Gasteiger partial charge >= 0.3 is 6.18 Å². The monoisotopic (exact) mass is 297 g/mol. The minimum Gasteiger partial charge on any atom is -0.319 e. The highest BCUT2D eigenvalue weighted by atomic mass is 19.4. The summed E-state index contributed by atoms with van der Waals surface area (Å²) >= 11 is 0. The molecule has 0 aliphatic rings. The fraction of sp³-hybridized carbons (Fsp3) is 0.286. The minimum atomic E-state index is -4.41. The molecule has 1 amide bonds. The SMILES string of the molecule is Cc1nn(C)c(C)c1NC(=O)c1ccc(C(F)(F)F)cc1. The summed E-state index contributed by atoms with van der Waals surface area (Å²) in [7, 11) is 1.75. The summed E-state index contributed by atoms with van der Waals surface area (Å²) in [6.45, 7) is 3.54. The van der Waals surface area contributed by atoms with Crippen molar-refractivity contribution < 1.29 is 18.0 Å². The van der Waals surface area contributed by atoms with E-state index >= 15 is 0 Å². The Labute approximate surface area is 119 Å². The number of nitrogens with one attached hydrogen (secondary N) is 1. The first kappa shape index (κ1) is 15.1. The molecule has 112 valence electrons. The molecule has 0 spiro atoms. The Hall–Kier alpha value is -2.31. The Kier molecular flexibility index (Phi) is 3.76. The van der Waals surface area contributed by atoms with Gasteiger partial charge < -0.3 is 5.32 Å². The summed E-state index contributed by atoms with van der Waals surface area (Å²) in [6.07, 6.45) is -4.41. The fourth-order valence-electron chi connectivity index (χ4n) is 1.95. The number of carbonyl (C=O) groups is 1. The van der Waals surface area contributed by atoms with Crippen molar-refractivity contribution in [2.45, 2.75) is 20.0 Å². The summed E-state index contributed by atoms with van der Waals surface area (Å²) in [5, 5.41) is 6.83. The summed E-state index contributed by atoms with van der Waals surface area (Å²) < 4.78 is 39.0. The van der Waals surface area contributed by atoms with Crippen LogP contribution in [0.1, 0.15) is 27.3 Å². The van der Waals surface area contributed by atoms with Gasteiger partial charge in [0.15, 0.2) is 0 Å². The third kappa shape index (κ3) is 3.07. The molecule has 1 N–H and O–H groups in total. The maximum Gasteiger partial charge on any atom is 0.416 e. The number of aromatic nitrogens is 2. The van der Waals surface area contributed by atoms with E-state index in [-0.39, 0.29) is 5.56 Å². The van der Waals surface area contributed by atoms with Crippen molar-refractivity contribution >= 4 is 11.6 Å². The number of nitrogens with zero attached hydrogens (tertiary/aromatic N) is 2. The van der Waals surface area contributed by atoms with E-state index < -0.39 is 17.6 Å². The molecular formula is C14H14F3N3O. The van der Waals surface area contributed by atoms with Gasteiger partial charge in [-0.1, -0.05) is 0 Å². The number of amides is 1. The molecule has 4 nitrogen and oxygen atoms in total. The number of hydrogen-bond acceptors (Lipinski definition) is 2. The van der Waals surface area contributed by atoms with Gasteiger partial charge in [0.2, 0.25) is 0 Å². The van der Waals surface area contributed by atoms with Crippen LogP contribution in [0.25, 0.3) is 0 Å². The quantitative estimate of drug-likeness (QED) is 0.924. The van der Waals surface area contributed by atoms with Crippen LogP contribution in [-0.2, 0) is 13.2 Å². The van der Waals surface area contributed by atoms with Gasteiger partial charge in [0.1, 0.15) is 0 Å². The zero-order valence-corrected chi connectivity index (χ0v) is 11.7. The topological polar surface area (TPSA) is 46.9 Å². The molecule has 1 aromatic heterocycles. The number of aryl methyl sites for hydroxylation is 2. The largest absolute Gasteiger partial charge is 0.416 e. The molecule has 2 rings (SSSR count). The third-order valence-electron chi connectivity index (χ3n) is 3.22. The highest BCUT2D eigenvalue weighted by Gasteiger charge is 2.30. The van der Waals surface area contributed by atoms with Gasteiger partial charge in [-0.25, -0.2) is 0 Å². The highest BCUT2D eigenvalue weighted by molar-refractivity contribution is 6.04. The number of hydrogen-bond donors (Lipinski definition) is 1. The van der Waals surface area contributed by atoms with Gasteiger partial charge in [-0.3, -0.25) is 9.48 Å². The minimum absolute atomic E-state index is 0.158. The number of rotatable bonds is 2. The zero-order chi connectivity index (χ0) is 15.8. The van der Waals surface area contributed by atoms with E-state index in [2.05, 4.69) is 10.4 Å². The van der Waals surface area contributed by atoms with Gasteiger partial charge in [-0.05, 0) is 38.1 Å². The van der Waals surface area contributed by atoms with Crippen LogP contribution in [0.15, 0.2) is 24.3 Å². The second-order valence-corrected chi connectivity index (χ2v) is 4.70. The molecule has 21 heavy (non-hydrogen) atoms. The number of halogens is 3. The Morgan fingerprint density at radius 2 is 1.76 bits per heavy atom. The third-order valence-corrected chi connectivity index (χ3v) is 3.22. The van der Waals surface area contributed by atoms with Crippen LogP contribution in [0.3, 0.4) is 0 Å². The van der Waals surface area contributed by atoms with Crippen molar-refractivity contribution in [1.82, 2.24) is 9.78 Å². The zero-order valence-electron chi connectivity index (χ0n) is 11.7. The van der Waals surface area contributed by atoms with E-state index in [9.17, 15) is 18.0 Å². The first-order chi connectivity index (χ1) is 9.70. The lowest BCUT2D eigenvalue weighted by Crippen LogP contribution is -2.14. The predicted octanol–water partition coefficient (Wildman–Crippen LogP) is 3.31. The average Bonchev–Trinajstić information content (AvgIpc) is 2.64. The van der Waals surface area contributed by atoms with Crippen LogP contribution in [0.4, 0.5) is 18.9 Å². The molecule has 1 aromatic carbocycles. The molecule has 0 radical (unpaired) electrons. The number of anilines is 1. The Morgan fingerprint density at radius 3 is 2.19 bits per heavy atom. The lowest BCUT2D eigenvalue weighted by Gasteiger charge is -2.08. The molecule has 0 saturated carbocycles. The van der Waals surface area contributed by atoms with Crippen molar-refractivity contribution in [3.05, 3.63) is 46.8 Å². The molecule has 0 saturated heterocycles. The molecule has 0 bridgehead atoms. The van der Waals surface area contributed by atoms with Gasteiger partial charge in [0.05, 0.1) is 22.6 Å². The van der Waals surface area contributed by atoms with Crippen molar-refractivity contribution in [2.75, 3.05) is 5.32 Å². The Balaban J connectivity index is 2.21. The molecule has 0 aliphatic heterocycles. The van der Waals surface area contributed by atoms with E-state index in [0.717, 1.165) is 30.0 Å². The summed E-state index contributed by atoms with van der Waals surface area (Å²) in [5.74, 6) is -0.470. The molecule has 0 unspecified atom stereocenters. The smallest absolute Gasteiger partial charge is 0.319 e. The van der Waals surface area contributed by atoms with Gasteiger partial charge in [-0.15, -0.1) is 0 Å². The lowest BCUT2D eigenvalue weighted by atomic mass is 10.1. The van der Waals surface area contributed by atoms with Crippen LogP contribution in [0, 0.1) is 13.8 Å². The van der Waals surface area contributed by atoms with E-state index in [1.54, 1.807) is 25.6 Å². The molecule has 2 aromatic rings. The molecule has 0 atom stereocenters. The normalized spacial score (nSPS) is 11.5. The first-order valence-electron chi connectivity index (χ1n) is 6.19. The maximum atomic E-state index is 12.5. The summed E-state index contributed by atoms with van der Waals surface area (Å²) in [6, 6.07) is 4.08. The van der Waals surface area contributed by atoms with Crippen LogP contribution < -0.4 is 5.32 Å². The molecule has 0 fully saturated rings. The van der Waals surface area contributed by atoms with Gasteiger partial charge in [0.25, 0.3) is 5.91 Å². The number of carbonyl (C=O) groups excluding carboxylic acids is 1. The fourth-order valence-corrected chi connectivity index (χ4v) is 1.95. The molecule has 1 heterocycles. The van der Waals surface area contributed by atoms with Crippen LogP contribution in [0.2, 0.25) is 0 Å². The van der Waals surface area contributed by atoms with Crippen molar-refractivity contribution in [1.29, 1.82) is 0 Å². The second kappa shape index (κ2) is 5.23. The average molecular weight is 297 g/mol. The van der Waals surface area contributed by atoms with Gasteiger partial charge in [-0.2, -0.15) is 18.3 Å². The van der Waals surface area contributed by atoms with Crippen molar-refractivity contribution in [3.8, 4) is 0 Å². The number of alkyl halides is 3. The Morgan fingerprint density at radius 1 is 1.19 bits per heavy atom. The lowest BCUT2D eigenvalue weighted by molar-refractivity contribution is -0.137. The van der Waals surface area contributed by atoms with E-state index in [4.69, 9.17) is 0 Å². The molecular weight excluding hydrogens is 283 g/mol. The second-order valence-electron chi connectivity index (χ2n) is 4.70.